The summed E-state index contributed by atoms with van der Waals surface area (Å²) >= 11 is 1.60. The summed E-state index contributed by atoms with van der Waals surface area (Å²) < 4.78 is 5.26. The Morgan fingerprint density at radius 2 is 2.28 bits per heavy atom. The van der Waals surface area contributed by atoms with Gasteiger partial charge in [-0.15, -0.1) is 11.3 Å². The number of likely N-dealkylation sites (N-methyl/N-ethyl adjacent to an activating group) is 1. The van der Waals surface area contributed by atoms with Crippen LogP contribution in [0.25, 0.3) is 10.6 Å². The van der Waals surface area contributed by atoms with Gasteiger partial charge in [0.05, 0.1) is 19.7 Å². The molecular formula is C19H25N3O2S. The van der Waals surface area contributed by atoms with Crippen LogP contribution in [-0.2, 0) is 11.3 Å². The van der Waals surface area contributed by atoms with Crippen LogP contribution in [0, 0.1) is 0 Å². The van der Waals surface area contributed by atoms with Gasteiger partial charge in [0.15, 0.2) is 0 Å². The molecule has 1 amide bonds. The van der Waals surface area contributed by atoms with Crippen molar-refractivity contribution in [2.75, 3.05) is 20.7 Å². The van der Waals surface area contributed by atoms with Crippen molar-refractivity contribution >= 4 is 17.2 Å². The number of likely N-dealkylation sites (tertiary alicyclic amines) is 1. The van der Waals surface area contributed by atoms with E-state index in [9.17, 15) is 4.79 Å². The van der Waals surface area contributed by atoms with Crippen LogP contribution in [0.2, 0.25) is 0 Å². The molecule has 0 saturated carbocycles. The zero-order valence-corrected chi connectivity index (χ0v) is 15.6. The van der Waals surface area contributed by atoms with E-state index in [2.05, 4.69) is 15.2 Å². The van der Waals surface area contributed by atoms with Crippen LogP contribution in [0.1, 0.15) is 30.6 Å². The standard InChI is InChI=1S/C19H25N3O2S/c1-22-10-5-3-4-9-17(22)18(23)20-12-16-13-21-19(25-16)14-7-6-8-15(11-14)24-2/h6-8,11,13,17H,3-5,9-10,12H2,1-2H3,(H,20,23). The molecule has 1 aliphatic rings. The Labute approximate surface area is 153 Å². The van der Waals surface area contributed by atoms with E-state index in [1.807, 2.05) is 37.5 Å². The molecule has 1 N–H and O–H groups in total. The van der Waals surface area contributed by atoms with Crippen LogP contribution >= 0.6 is 11.3 Å². The van der Waals surface area contributed by atoms with Crippen molar-refractivity contribution < 1.29 is 9.53 Å². The molecule has 2 heterocycles. The van der Waals surface area contributed by atoms with E-state index in [0.29, 0.717) is 6.54 Å². The van der Waals surface area contributed by atoms with Crippen molar-refractivity contribution in [3.8, 4) is 16.3 Å². The first-order chi connectivity index (χ1) is 12.2. The van der Waals surface area contributed by atoms with E-state index >= 15 is 0 Å². The molecule has 1 fully saturated rings. The van der Waals surface area contributed by atoms with Gasteiger partial charge in [-0.25, -0.2) is 4.98 Å². The summed E-state index contributed by atoms with van der Waals surface area (Å²) in [6, 6.07) is 7.86. The number of ether oxygens (including phenoxy) is 1. The highest BCUT2D eigenvalue weighted by Gasteiger charge is 2.24. The maximum Gasteiger partial charge on any atom is 0.237 e. The van der Waals surface area contributed by atoms with Crippen LogP contribution in [0.5, 0.6) is 5.75 Å². The van der Waals surface area contributed by atoms with Crippen LogP contribution in [-0.4, -0.2) is 42.5 Å². The van der Waals surface area contributed by atoms with Crippen molar-refractivity contribution in [3.05, 3.63) is 35.3 Å². The number of benzene rings is 1. The minimum atomic E-state index is -0.00623. The van der Waals surface area contributed by atoms with Gasteiger partial charge in [0.1, 0.15) is 10.8 Å². The average molecular weight is 359 g/mol. The van der Waals surface area contributed by atoms with E-state index in [1.54, 1.807) is 18.4 Å². The molecule has 0 radical (unpaired) electrons. The lowest BCUT2D eigenvalue weighted by Gasteiger charge is -2.24. The molecule has 6 heteroatoms. The first-order valence-electron chi connectivity index (χ1n) is 8.74. The monoisotopic (exact) mass is 359 g/mol. The van der Waals surface area contributed by atoms with Crippen molar-refractivity contribution in [1.82, 2.24) is 15.2 Å². The molecule has 0 aliphatic carbocycles. The quantitative estimate of drug-likeness (QED) is 0.890. The highest BCUT2D eigenvalue weighted by Crippen LogP contribution is 2.28. The van der Waals surface area contributed by atoms with E-state index in [4.69, 9.17) is 4.74 Å². The van der Waals surface area contributed by atoms with E-state index in [-0.39, 0.29) is 11.9 Å². The lowest BCUT2D eigenvalue weighted by atomic mass is 10.1. The number of hydrogen-bond acceptors (Lipinski definition) is 5. The fourth-order valence-electron chi connectivity index (χ4n) is 3.15. The first kappa shape index (κ1) is 17.9. The minimum absolute atomic E-state index is 0.00623. The van der Waals surface area contributed by atoms with E-state index < -0.39 is 0 Å². The summed E-state index contributed by atoms with van der Waals surface area (Å²) in [7, 11) is 3.70. The second-order valence-electron chi connectivity index (χ2n) is 6.43. The number of hydrogen-bond donors (Lipinski definition) is 1. The number of carbonyl (C=O) groups excluding carboxylic acids is 1. The number of rotatable bonds is 5. The largest absolute Gasteiger partial charge is 0.497 e. The van der Waals surface area contributed by atoms with Crippen molar-refractivity contribution in [2.45, 2.75) is 38.3 Å². The van der Waals surface area contributed by atoms with Gasteiger partial charge in [0.2, 0.25) is 5.91 Å². The first-order valence-corrected chi connectivity index (χ1v) is 9.56. The molecule has 0 bridgehead atoms. The Balaban J connectivity index is 1.60. The Bertz CT molecular complexity index is 716. The number of amides is 1. The number of nitrogens with one attached hydrogen (secondary N) is 1. The van der Waals surface area contributed by atoms with Gasteiger partial charge in [-0.2, -0.15) is 0 Å². The smallest absolute Gasteiger partial charge is 0.237 e. The lowest BCUT2D eigenvalue weighted by molar-refractivity contribution is -0.126. The number of carbonyl (C=O) groups is 1. The van der Waals surface area contributed by atoms with E-state index in [1.165, 1.54) is 12.8 Å². The molecule has 2 aromatic rings. The SMILES string of the molecule is COc1cccc(-c2ncc(CNC(=O)C3CCCCCN3C)s2)c1. The Hall–Kier alpha value is -1.92. The number of thiazole rings is 1. The molecular weight excluding hydrogens is 334 g/mol. The third-order valence-electron chi connectivity index (χ3n) is 4.63. The minimum Gasteiger partial charge on any atom is -0.497 e. The number of nitrogens with zero attached hydrogens (tertiary/aromatic N) is 2. The lowest BCUT2D eigenvalue weighted by Crippen LogP contribution is -2.44. The van der Waals surface area contributed by atoms with Crippen molar-refractivity contribution in [1.29, 1.82) is 0 Å². The van der Waals surface area contributed by atoms with Crippen molar-refractivity contribution in [3.63, 3.8) is 0 Å². The Morgan fingerprint density at radius 1 is 1.40 bits per heavy atom. The fraction of sp³-hybridized carbons (Fsp3) is 0.474. The molecule has 1 saturated heterocycles. The summed E-state index contributed by atoms with van der Waals surface area (Å²) in [6.45, 7) is 1.53. The van der Waals surface area contributed by atoms with Gasteiger partial charge in [-0.1, -0.05) is 25.0 Å². The highest BCUT2D eigenvalue weighted by atomic mass is 32.1. The van der Waals surface area contributed by atoms with Gasteiger partial charge in [0, 0.05) is 16.6 Å². The van der Waals surface area contributed by atoms with Crippen LogP contribution in [0.3, 0.4) is 0 Å². The highest BCUT2D eigenvalue weighted by molar-refractivity contribution is 7.15. The third-order valence-corrected chi connectivity index (χ3v) is 5.68. The zero-order chi connectivity index (χ0) is 17.6. The van der Waals surface area contributed by atoms with Gasteiger partial charge in [-0.3, -0.25) is 9.69 Å². The molecule has 1 atom stereocenters. The van der Waals surface area contributed by atoms with Gasteiger partial charge in [-0.05, 0) is 38.6 Å². The maximum absolute atomic E-state index is 12.5. The van der Waals surface area contributed by atoms with E-state index in [0.717, 1.165) is 40.6 Å². The second-order valence-corrected chi connectivity index (χ2v) is 7.54. The second kappa shape index (κ2) is 8.45. The molecule has 3 rings (SSSR count). The topological polar surface area (TPSA) is 54.5 Å². The summed E-state index contributed by atoms with van der Waals surface area (Å²) in [6.07, 6.45) is 6.31. The summed E-state index contributed by atoms with van der Waals surface area (Å²) in [5, 5.41) is 4.02. The predicted molar refractivity (Wildman–Crippen MR) is 101 cm³/mol. The third kappa shape index (κ3) is 4.58. The molecule has 1 unspecified atom stereocenters. The Morgan fingerprint density at radius 3 is 3.12 bits per heavy atom. The normalized spacial score (nSPS) is 18.6. The molecule has 0 spiro atoms. The number of aromatic nitrogens is 1. The summed E-state index contributed by atoms with van der Waals surface area (Å²) in [4.78, 5) is 20.2. The predicted octanol–water partition coefficient (Wildman–Crippen LogP) is 3.31. The van der Waals surface area contributed by atoms with Gasteiger partial charge in [0.25, 0.3) is 0 Å². The molecule has 5 nitrogen and oxygen atoms in total. The fourth-order valence-corrected chi connectivity index (χ4v) is 4.00. The molecule has 134 valence electrons. The van der Waals surface area contributed by atoms with Gasteiger partial charge >= 0.3 is 0 Å². The van der Waals surface area contributed by atoms with Crippen LogP contribution in [0.4, 0.5) is 0 Å². The van der Waals surface area contributed by atoms with Crippen molar-refractivity contribution in [2.24, 2.45) is 0 Å². The summed E-state index contributed by atoms with van der Waals surface area (Å²) in [5.41, 5.74) is 1.03. The van der Waals surface area contributed by atoms with Gasteiger partial charge < -0.3 is 10.1 Å². The molecule has 25 heavy (non-hydrogen) atoms. The number of methoxy groups -OCH3 is 1. The zero-order valence-electron chi connectivity index (χ0n) is 14.8. The average Bonchev–Trinajstić information content (AvgIpc) is 3.01. The Kier molecular flexibility index (Phi) is 6.04. The van der Waals surface area contributed by atoms with Crippen LogP contribution in [0.15, 0.2) is 30.5 Å². The maximum atomic E-state index is 12.5. The molecule has 1 aliphatic heterocycles. The molecule has 1 aromatic carbocycles. The van der Waals surface area contributed by atoms with Crippen LogP contribution < -0.4 is 10.1 Å². The summed E-state index contributed by atoms with van der Waals surface area (Å²) in [5.74, 6) is 0.944. The molecule has 1 aromatic heterocycles.